The Hall–Kier alpha value is -2.05. The Kier molecular flexibility index (Phi) is 10.9. The van der Waals surface area contributed by atoms with E-state index in [1.165, 1.54) is 24.5 Å². The maximum atomic E-state index is 12.9. The van der Waals surface area contributed by atoms with E-state index in [-0.39, 0.29) is 23.8 Å². The van der Waals surface area contributed by atoms with Crippen molar-refractivity contribution in [3.63, 3.8) is 0 Å². The van der Waals surface area contributed by atoms with Gasteiger partial charge in [0.25, 0.3) is 5.91 Å². The lowest BCUT2D eigenvalue weighted by Gasteiger charge is -2.27. The number of alkyl carbamates (subject to hydrolysis) is 1. The molecule has 30 heavy (non-hydrogen) atoms. The number of carbonyl (C=O) groups is 3. The van der Waals surface area contributed by atoms with Crippen LogP contribution in [0.3, 0.4) is 0 Å². The molecule has 0 spiro atoms. The van der Waals surface area contributed by atoms with Gasteiger partial charge in [-0.3, -0.25) is 14.5 Å². The molecule has 7 heteroatoms. The highest BCUT2D eigenvalue weighted by atomic mass is 16.6. The summed E-state index contributed by atoms with van der Waals surface area (Å²) >= 11 is 0. The minimum absolute atomic E-state index is 0.128. The van der Waals surface area contributed by atoms with Gasteiger partial charge < -0.3 is 14.8 Å². The van der Waals surface area contributed by atoms with Crippen LogP contribution >= 0.6 is 0 Å². The first-order valence-corrected chi connectivity index (χ1v) is 11.2. The molecule has 0 radical (unpaired) electrons. The van der Waals surface area contributed by atoms with Gasteiger partial charge in [0.1, 0.15) is 11.4 Å². The van der Waals surface area contributed by atoms with Crippen molar-refractivity contribution in [2.75, 3.05) is 13.7 Å². The lowest BCUT2D eigenvalue weighted by molar-refractivity contribution is -0.146. The van der Waals surface area contributed by atoms with E-state index in [2.05, 4.69) is 12.2 Å². The highest BCUT2D eigenvalue weighted by molar-refractivity contribution is 6.04. The molecule has 172 valence electrons. The molecule has 1 N–H and O–H groups in total. The molecule has 0 saturated carbocycles. The van der Waals surface area contributed by atoms with Crippen LogP contribution in [0, 0.1) is 5.92 Å². The molecule has 0 aromatic carbocycles. The van der Waals surface area contributed by atoms with Gasteiger partial charge in [0.05, 0.1) is 13.2 Å². The lowest BCUT2D eigenvalue weighted by atomic mass is 9.99. The van der Waals surface area contributed by atoms with Crippen molar-refractivity contribution in [1.29, 1.82) is 0 Å². The Morgan fingerprint density at radius 1 is 1.17 bits per heavy atom. The second kappa shape index (κ2) is 12.6. The van der Waals surface area contributed by atoms with Gasteiger partial charge in [-0.25, -0.2) is 4.79 Å². The predicted molar refractivity (Wildman–Crippen MR) is 117 cm³/mol. The fourth-order valence-electron chi connectivity index (χ4n) is 3.50. The SMILES string of the molecule is CCCCCC[C@@H](C)C(=O)N1C(=O)C=C(OC)[C@@H]1CCCCNC(=O)OC(C)(C)C. The molecule has 1 rings (SSSR count). The number of nitrogens with one attached hydrogen (secondary N) is 1. The van der Waals surface area contributed by atoms with Crippen molar-refractivity contribution < 1.29 is 23.9 Å². The molecular formula is C23H40N2O5. The minimum atomic E-state index is -0.527. The highest BCUT2D eigenvalue weighted by Crippen LogP contribution is 2.27. The van der Waals surface area contributed by atoms with Crippen molar-refractivity contribution in [3.8, 4) is 0 Å². The summed E-state index contributed by atoms with van der Waals surface area (Å²) in [7, 11) is 1.53. The molecule has 3 amide bonds. The number of amides is 3. The maximum absolute atomic E-state index is 12.9. The molecule has 0 aromatic heterocycles. The fourth-order valence-corrected chi connectivity index (χ4v) is 3.50. The quantitative estimate of drug-likeness (QED) is 0.464. The van der Waals surface area contributed by atoms with Crippen LogP contribution in [0.15, 0.2) is 11.8 Å². The van der Waals surface area contributed by atoms with Crippen LogP contribution < -0.4 is 5.32 Å². The summed E-state index contributed by atoms with van der Waals surface area (Å²) in [5.41, 5.74) is -0.527. The molecular weight excluding hydrogens is 384 g/mol. The Balaban J connectivity index is 2.53. The molecule has 7 nitrogen and oxygen atoms in total. The normalized spacial score (nSPS) is 17.5. The largest absolute Gasteiger partial charge is 0.499 e. The monoisotopic (exact) mass is 424 g/mol. The van der Waals surface area contributed by atoms with Crippen LogP contribution in [0.4, 0.5) is 4.79 Å². The average molecular weight is 425 g/mol. The van der Waals surface area contributed by atoms with E-state index >= 15 is 0 Å². The van der Waals surface area contributed by atoms with Crippen LogP contribution in [0.25, 0.3) is 0 Å². The van der Waals surface area contributed by atoms with Crippen LogP contribution in [0.5, 0.6) is 0 Å². The standard InChI is InChI=1S/C23H40N2O5/c1-7-8-9-10-13-17(2)21(27)25-18(19(29-6)16-20(25)26)14-11-12-15-24-22(28)30-23(3,4)5/h16-18H,7-15H2,1-6H3,(H,24,28)/t17-,18+/m1/s1. The first kappa shape index (κ1) is 26.0. The third kappa shape index (κ3) is 8.76. The van der Waals surface area contributed by atoms with E-state index in [9.17, 15) is 14.4 Å². The number of methoxy groups -OCH3 is 1. The van der Waals surface area contributed by atoms with Crippen molar-refractivity contribution >= 4 is 17.9 Å². The molecule has 0 fully saturated rings. The van der Waals surface area contributed by atoms with Gasteiger partial charge in [-0.15, -0.1) is 0 Å². The molecule has 2 atom stereocenters. The van der Waals surface area contributed by atoms with Gasteiger partial charge in [0.15, 0.2) is 0 Å². The van der Waals surface area contributed by atoms with Crippen LogP contribution in [-0.4, -0.2) is 48.1 Å². The molecule has 1 aliphatic heterocycles. The summed E-state index contributed by atoms with van der Waals surface area (Å²) in [6, 6.07) is -0.366. The average Bonchev–Trinajstić information content (AvgIpc) is 2.98. The van der Waals surface area contributed by atoms with Crippen LogP contribution in [-0.2, 0) is 19.1 Å². The Morgan fingerprint density at radius 3 is 2.47 bits per heavy atom. The van der Waals surface area contributed by atoms with Gasteiger partial charge >= 0.3 is 6.09 Å². The van der Waals surface area contributed by atoms with Crippen molar-refractivity contribution in [2.45, 2.75) is 97.6 Å². The second-order valence-corrected chi connectivity index (χ2v) is 8.99. The number of nitrogens with zero attached hydrogens (tertiary/aromatic N) is 1. The Bertz CT molecular complexity index is 609. The van der Waals surface area contributed by atoms with Crippen molar-refractivity contribution in [1.82, 2.24) is 10.2 Å². The number of rotatable bonds is 12. The summed E-state index contributed by atoms with van der Waals surface area (Å²) in [5.74, 6) is -0.0794. The number of carbonyl (C=O) groups excluding carboxylic acids is 3. The van der Waals surface area contributed by atoms with Gasteiger partial charge in [-0.1, -0.05) is 39.5 Å². The Labute approximate surface area is 181 Å². The summed E-state index contributed by atoms with van der Waals surface area (Å²) in [5, 5.41) is 2.73. The lowest BCUT2D eigenvalue weighted by Crippen LogP contribution is -2.43. The van der Waals surface area contributed by atoms with Crippen molar-refractivity contribution in [3.05, 3.63) is 11.8 Å². The Morgan fingerprint density at radius 2 is 1.87 bits per heavy atom. The van der Waals surface area contributed by atoms with Crippen LogP contribution in [0.2, 0.25) is 0 Å². The van der Waals surface area contributed by atoms with Gasteiger partial charge in [-0.05, 0) is 46.5 Å². The fraction of sp³-hybridized carbons (Fsp3) is 0.783. The van der Waals surface area contributed by atoms with E-state index in [0.717, 1.165) is 38.5 Å². The van der Waals surface area contributed by atoms with E-state index in [0.29, 0.717) is 18.7 Å². The number of unbranched alkanes of at least 4 members (excludes halogenated alkanes) is 4. The highest BCUT2D eigenvalue weighted by Gasteiger charge is 2.39. The predicted octanol–water partition coefficient (Wildman–Crippen LogP) is 4.56. The molecule has 1 aliphatic rings. The summed E-state index contributed by atoms with van der Waals surface area (Å²) in [4.78, 5) is 38.5. The molecule has 0 saturated heterocycles. The number of ether oxygens (including phenoxy) is 2. The third-order valence-corrected chi connectivity index (χ3v) is 5.10. The molecule has 0 aromatic rings. The molecule has 0 aliphatic carbocycles. The van der Waals surface area contributed by atoms with E-state index in [4.69, 9.17) is 9.47 Å². The molecule has 0 bridgehead atoms. The van der Waals surface area contributed by atoms with E-state index in [1.807, 2.05) is 27.7 Å². The summed E-state index contributed by atoms with van der Waals surface area (Å²) in [6.45, 7) is 9.98. The number of hydrogen-bond acceptors (Lipinski definition) is 5. The van der Waals surface area contributed by atoms with Crippen molar-refractivity contribution in [2.24, 2.45) is 5.92 Å². The maximum Gasteiger partial charge on any atom is 0.407 e. The zero-order chi connectivity index (χ0) is 22.7. The topological polar surface area (TPSA) is 84.9 Å². The molecule has 0 unspecified atom stereocenters. The zero-order valence-corrected chi connectivity index (χ0v) is 19.6. The van der Waals surface area contributed by atoms with E-state index in [1.54, 1.807) is 0 Å². The van der Waals surface area contributed by atoms with Gasteiger partial charge in [0.2, 0.25) is 5.91 Å². The van der Waals surface area contributed by atoms with Gasteiger partial charge in [-0.2, -0.15) is 0 Å². The summed E-state index contributed by atoms with van der Waals surface area (Å²) < 4.78 is 10.6. The third-order valence-electron chi connectivity index (χ3n) is 5.10. The smallest absolute Gasteiger partial charge is 0.407 e. The van der Waals surface area contributed by atoms with E-state index < -0.39 is 11.7 Å². The summed E-state index contributed by atoms with van der Waals surface area (Å²) in [6.07, 6.45) is 8.26. The minimum Gasteiger partial charge on any atom is -0.499 e. The first-order chi connectivity index (χ1) is 14.1. The number of imide groups is 1. The zero-order valence-electron chi connectivity index (χ0n) is 19.6. The molecule has 1 heterocycles. The van der Waals surface area contributed by atoms with Crippen LogP contribution in [0.1, 0.15) is 86.0 Å². The first-order valence-electron chi connectivity index (χ1n) is 11.2. The number of hydrogen-bond donors (Lipinski definition) is 1. The van der Waals surface area contributed by atoms with Gasteiger partial charge in [0, 0.05) is 18.5 Å². The second-order valence-electron chi connectivity index (χ2n) is 8.99.